The Kier molecular flexibility index (Phi) is 3.34. The number of nitrogen functional groups attached to an aromatic ring is 1. The van der Waals surface area contributed by atoms with E-state index in [0.717, 1.165) is 11.4 Å². The van der Waals surface area contributed by atoms with Crippen molar-refractivity contribution in [2.45, 2.75) is 30.5 Å². The number of aromatic nitrogens is 2. The first-order valence-corrected chi connectivity index (χ1v) is 4.85. The first kappa shape index (κ1) is 9.32. The maximum absolute atomic E-state index is 5.44. The van der Waals surface area contributed by atoms with Gasteiger partial charge in [0.05, 0.1) is 0 Å². The van der Waals surface area contributed by atoms with Gasteiger partial charge in [0, 0.05) is 11.4 Å². The SMILES string of the molecule is CCC(C)Sc1ccnc(N)n1. The summed E-state index contributed by atoms with van der Waals surface area (Å²) >= 11 is 1.73. The molecular weight excluding hydrogens is 170 g/mol. The van der Waals surface area contributed by atoms with Crippen LogP contribution in [0.4, 0.5) is 5.95 Å². The summed E-state index contributed by atoms with van der Waals surface area (Å²) in [7, 11) is 0. The quantitative estimate of drug-likeness (QED) is 0.575. The molecule has 1 aromatic heterocycles. The van der Waals surface area contributed by atoms with Crippen molar-refractivity contribution in [2.24, 2.45) is 0 Å². The average Bonchev–Trinajstić information content (AvgIpc) is 2.04. The smallest absolute Gasteiger partial charge is 0.221 e. The summed E-state index contributed by atoms with van der Waals surface area (Å²) in [5.74, 6) is 0.350. The van der Waals surface area contributed by atoms with Crippen LogP contribution in [0.5, 0.6) is 0 Å². The Morgan fingerprint density at radius 1 is 1.67 bits per heavy atom. The molecule has 1 atom stereocenters. The standard InChI is InChI=1S/C8H13N3S/c1-3-6(2)12-7-4-5-10-8(9)11-7/h4-6H,3H2,1-2H3,(H2,9,10,11). The molecule has 4 heteroatoms. The summed E-state index contributed by atoms with van der Waals surface area (Å²) < 4.78 is 0. The lowest BCUT2D eigenvalue weighted by Gasteiger charge is -2.06. The highest BCUT2D eigenvalue weighted by Crippen LogP contribution is 2.22. The van der Waals surface area contributed by atoms with Crippen molar-refractivity contribution in [1.82, 2.24) is 9.97 Å². The molecule has 0 spiro atoms. The van der Waals surface area contributed by atoms with Gasteiger partial charge in [-0.3, -0.25) is 0 Å². The Labute approximate surface area is 76.8 Å². The molecule has 0 aliphatic rings. The second kappa shape index (κ2) is 4.30. The van der Waals surface area contributed by atoms with E-state index in [9.17, 15) is 0 Å². The summed E-state index contributed by atoms with van der Waals surface area (Å²) in [6.07, 6.45) is 2.82. The van der Waals surface area contributed by atoms with Gasteiger partial charge in [0.15, 0.2) is 0 Å². The van der Waals surface area contributed by atoms with Crippen LogP contribution in [0.2, 0.25) is 0 Å². The number of rotatable bonds is 3. The predicted molar refractivity (Wildman–Crippen MR) is 52.1 cm³/mol. The molecule has 2 N–H and O–H groups in total. The van der Waals surface area contributed by atoms with E-state index in [4.69, 9.17) is 5.73 Å². The highest BCUT2D eigenvalue weighted by molar-refractivity contribution is 7.99. The van der Waals surface area contributed by atoms with Crippen LogP contribution in [-0.2, 0) is 0 Å². The Balaban J connectivity index is 2.63. The number of hydrogen-bond acceptors (Lipinski definition) is 4. The molecule has 0 aliphatic heterocycles. The van der Waals surface area contributed by atoms with Gasteiger partial charge in [-0.2, -0.15) is 0 Å². The van der Waals surface area contributed by atoms with Crippen molar-refractivity contribution >= 4 is 17.7 Å². The number of hydrogen-bond donors (Lipinski definition) is 1. The third kappa shape index (κ3) is 2.70. The van der Waals surface area contributed by atoms with E-state index >= 15 is 0 Å². The van der Waals surface area contributed by atoms with Gasteiger partial charge in [-0.15, -0.1) is 11.8 Å². The molecule has 0 fully saturated rings. The summed E-state index contributed by atoms with van der Waals surface area (Å²) in [5, 5.41) is 1.54. The Morgan fingerprint density at radius 3 is 3.00 bits per heavy atom. The number of nitrogens with two attached hydrogens (primary N) is 1. The molecule has 0 aromatic carbocycles. The molecule has 1 heterocycles. The summed E-state index contributed by atoms with van der Waals surface area (Å²) in [6, 6.07) is 1.88. The molecule has 0 amide bonds. The third-order valence-corrected chi connectivity index (χ3v) is 2.75. The predicted octanol–water partition coefficient (Wildman–Crippen LogP) is 1.95. The molecule has 3 nitrogen and oxygen atoms in total. The van der Waals surface area contributed by atoms with E-state index in [1.54, 1.807) is 18.0 Å². The number of thioether (sulfide) groups is 1. The molecule has 0 saturated carbocycles. The minimum atomic E-state index is 0.350. The lowest BCUT2D eigenvalue weighted by Crippen LogP contribution is -1.97. The van der Waals surface area contributed by atoms with Crippen LogP contribution >= 0.6 is 11.8 Å². The monoisotopic (exact) mass is 183 g/mol. The molecule has 0 saturated heterocycles. The van der Waals surface area contributed by atoms with Gasteiger partial charge in [0.2, 0.25) is 5.95 Å². The second-order valence-corrected chi connectivity index (χ2v) is 4.05. The third-order valence-electron chi connectivity index (χ3n) is 1.55. The van der Waals surface area contributed by atoms with Crippen LogP contribution in [0.3, 0.4) is 0 Å². The largest absolute Gasteiger partial charge is 0.368 e. The lowest BCUT2D eigenvalue weighted by molar-refractivity contribution is 0.899. The lowest BCUT2D eigenvalue weighted by atomic mass is 10.4. The zero-order valence-corrected chi connectivity index (χ0v) is 8.14. The molecule has 1 unspecified atom stereocenters. The van der Waals surface area contributed by atoms with Gasteiger partial charge >= 0.3 is 0 Å². The minimum absolute atomic E-state index is 0.350. The van der Waals surface area contributed by atoms with E-state index in [1.165, 1.54) is 0 Å². The van der Waals surface area contributed by atoms with Crippen LogP contribution < -0.4 is 5.73 Å². The summed E-state index contributed by atoms with van der Waals surface area (Å²) in [4.78, 5) is 7.92. The van der Waals surface area contributed by atoms with Gasteiger partial charge in [-0.05, 0) is 12.5 Å². The van der Waals surface area contributed by atoms with Gasteiger partial charge in [0.1, 0.15) is 5.03 Å². The number of anilines is 1. The van der Waals surface area contributed by atoms with Crippen LogP contribution in [0.25, 0.3) is 0 Å². The van der Waals surface area contributed by atoms with Crippen molar-refractivity contribution in [3.63, 3.8) is 0 Å². The number of nitrogens with zero attached hydrogens (tertiary/aromatic N) is 2. The van der Waals surface area contributed by atoms with Crippen molar-refractivity contribution < 1.29 is 0 Å². The first-order chi connectivity index (χ1) is 5.72. The van der Waals surface area contributed by atoms with Gasteiger partial charge < -0.3 is 5.73 Å². The normalized spacial score (nSPS) is 12.8. The van der Waals surface area contributed by atoms with Crippen LogP contribution in [0, 0.1) is 0 Å². The van der Waals surface area contributed by atoms with Crippen molar-refractivity contribution in [3.8, 4) is 0 Å². The Hall–Kier alpha value is -0.770. The maximum atomic E-state index is 5.44. The van der Waals surface area contributed by atoms with Crippen LogP contribution in [0.1, 0.15) is 20.3 Å². The van der Waals surface area contributed by atoms with E-state index in [-0.39, 0.29) is 0 Å². The van der Waals surface area contributed by atoms with E-state index in [1.807, 2.05) is 6.07 Å². The van der Waals surface area contributed by atoms with Gasteiger partial charge in [0.25, 0.3) is 0 Å². The van der Waals surface area contributed by atoms with E-state index in [0.29, 0.717) is 11.2 Å². The van der Waals surface area contributed by atoms with Crippen LogP contribution in [-0.4, -0.2) is 15.2 Å². The van der Waals surface area contributed by atoms with E-state index < -0.39 is 0 Å². The summed E-state index contributed by atoms with van der Waals surface area (Å²) in [6.45, 7) is 4.32. The molecule has 1 aromatic rings. The zero-order chi connectivity index (χ0) is 8.97. The maximum Gasteiger partial charge on any atom is 0.221 e. The molecule has 0 radical (unpaired) electrons. The highest BCUT2D eigenvalue weighted by atomic mass is 32.2. The fraction of sp³-hybridized carbons (Fsp3) is 0.500. The van der Waals surface area contributed by atoms with Gasteiger partial charge in [-0.25, -0.2) is 9.97 Å². The zero-order valence-electron chi connectivity index (χ0n) is 7.32. The second-order valence-electron chi connectivity index (χ2n) is 2.59. The Morgan fingerprint density at radius 2 is 2.42 bits per heavy atom. The molecular formula is C8H13N3S. The molecule has 1 rings (SSSR count). The average molecular weight is 183 g/mol. The topological polar surface area (TPSA) is 51.8 Å². The van der Waals surface area contributed by atoms with Gasteiger partial charge in [-0.1, -0.05) is 13.8 Å². The van der Waals surface area contributed by atoms with Crippen molar-refractivity contribution in [1.29, 1.82) is 0 Å². The molecule has 0 bridgehead atoms. The Bertz CT molecular complexity index is 252. The van der Waals surface area contributed by atoms with Crippen molar-refractivity contribution in [3.05, 3.63) is 12.3 Å². The fourth-order valence-corrected chi connectivity index (χ4v) is 1.58. The highest BCUT2D eigenvalue weighted by Gasteiger charge is 2.02. The minimum Gasteiger partial charge on any atom is -0.368 e. The summed E-state index contributed by atoms with van der Waals surface area (Å²) in [5.41, 5.74) is 5.44. The molecule has 66 valence electrons. The van der Waals surface area contributed by atoms with E-state index in [2.05, 4.69) is 23.8 Å². The fourth-order valence-electron chi connectivity index (χ4n) is 0.712. The first-order valence-electron chi connectivity index (χ1n) is 3.97. The van der Waals surface area contributed by atoms with Crippen LogP contribution in [0.15, 0.2) is 17.3 Å². The molecule has 0 aliphatic carbocycles. The molecule has 12 heavy (non-hydrogen) atoms. The van der Waals surface area contributed by atoms with Crippen molar-refractivity contribution in [2.75, 3.05) is 5.73 Å².